The largest absolute Gasteiger partial charge is 0.372 e. The molecule has 2 unspecified atom stereocenters. The molecule has 2 rings (SSSR count). The SMILES string of the molecule is CCNC1CCCCC1OCc1ccc(Cl)cc1. The molecule has 0 bridgehead atoms. The average Bonchev–Trinajstić information content (AvgIpc) is 2.40. The summed E-state index contributed by atoms with van der Waals surface area (Å²) < 4.78 is 6.07. The fraction of sp³-hybridized carbons (Fsp3) is 0.600. The van der Waals surface area contributed by atoms with E-state index in [9.17, 15) is 0 Å². The van der Waals surface area contributed by atoms with Gasteiger partial charge >= 0.3 is 0 Å². The summed E-state index contributed by atoms with van der Waals surface area (Å²) >= 11 is 5.87. The van der Waals surface area contributed by atoms with Gasteiger partial charge in [-0.3, -0.25) is 0 Å². The van der Waals surface area contributed by atoms with Crippen LogP contribution in [0.25, 0.3) is 0 Å². The molecule has 2 atom stereocenters. The molecule has 0 saturated heterocycles. The molecule has 1 aliphatic carbocycles. The molecule has 18 heavy (non-hydrogen) atoms. The predicted octanol–water partition coefficient (Wildman–Crippen LogP) is 3.78. The lowest BCUT2D eigenvalue weighted by Crippen LogP contribution is -2.43. The third-order valence-corrected chi connectivity index (χ3v) is 3.80. The van der Waals surface area contributed by atoms with Crippen LogP contribution in [0.5, 0.6) is 0 Å². The van der Waals surface area contributed by atoms with Gasteiger partial charge in [-0.1, -0.05) is 43.5 Å². The summed E-state index contributed by atoms with van der Waals surface area (Å²) in [4.78, 5) is 0. The fourth-order valence-corrected chi connectivity index (χ4v) is 2.70. The summed E-state index contributed by atoms with van der Waals surface area (Å²) in [7, 11) is 0. The minimum absolute atomic E-state index is 0.356. The molecule has 1 aromatic carbocycles. The highest BCUT2D eigenvalue weighted by molar-refractivity contribution is 6.30. The number of halogens is 1. The van der Waals surface area contributed by atoms with E-state index in [0.29, 0.717) is 18.8 Å². The Balaban J connectivity index is 1.85. The highest BCUT2D eigenvalue weighted by Gasteiger charge is 2.24. The van der Waals surface area contributed by atoms with Crippen LogP contribution in [0.3, 0.4) is 0 Å². The molecule has 1 fully saturated rings. The van der Waals surface area contributed by atoms with Gasteiger partial charge in [0.25, 0.3) is 0 Å². The van der Waals surface area contributed by atoms with Crippen LogP contribution in [-0.2, 0) is 11.3 Å². The van der Waals surface area contributed by atoms with Gasteiger partial charge in [-0.05, 0) is 37.1 Å². The van der Waals surface area contributed by atoms with Crippen molar-refractivity contribution < 1.29 is 4.74 Å². The highest BCUT2D eigenvalue weighted by atomic mass is 35.5. The maximum atomic E-state index is 6.07. The fourth-order valence-electron chi connectivity index (χ4n) is 2.58. The molecule has 1 saturated carbocycles. The summed E-state index contributed by atoms with van der Waals surface area (Å²) in [6.07, 6.45) is 5.37. The van der Waals surface area contributed by atoms with E-state index in [4.69, 9.17) is 16.3 Å². The zero-order valence-electron chi connectivity index (χ0n) is 11.0. The van der Waals surface area contributed by atoms with Gasteiger partial charge in [0.05, 0.1) is 12.7 Å². The van der Waals surface area contributed by atoms with Crippen LogP contribution >= 0.6 is 11.6 Å². The molecule has 0 heterocycles. The lowest BCUT2D eigenvalue weighted by atomic mass is 9.92. The zero-order valence-corrected chi connectivity index (χ0v) is 11.7. The summed E-state index contributed by atoms with van der Waals surface area (Å²) in [5.41, 5.74) is 1.19. The Bertz CT molecular complexity index is 350. The van der Waals surface area contributed by atoms with Crippen molar-refractivity contribution in [3.05, 3.63) is 34.9 Å². The van der Waals surface area contributed by atoms with Crippen molar-refractivity contribution >= 4 is 11.6 Å². The first-order chi connectivity index (χ1) is 8.79. The first kappa shape index (κ1) is 13.9. The predicted molar refractivity (Wildman–Crippen MR) is 76.0 cm³/mol. The van der Waals surface area contributed by atoms with Crippen molar-refractivity contribution in [3.63, 3.8) is 0 Å². The number of likely N-dealkylation sites (N-methyl/N-ethyl adjacent to an activating group) is 1. The third-order valence-electron chi connectivity index (χ3n) is 3.55. The topological polar surface area (TPSA) is 21.3 Å². The van der Waals surface area contributed by atoms with Gasteiger partial charge in [0.1, 0.15) is 0 Å². The Kier molecular flexibility index (Phi) is 5.48. The van der Waals surface area contributed by atoms with Crippen LogP contribution in [0.1, 0.15) is 38.2 Å². The van der Waals surface area contributed by atoms with E-state index in [1.165, 1.54) is 31.2 Å². The maximum Gasteiger partial charge on any atom is 0.0732 e. The van der Waals surface area contributed by atoms with E-state index in [1.54, 1.807) is 0 Å². The summed E-state index contributed by atoms with van der Waals surface area (Å²) in [6.45, 7) is 3.86. The molecule has 100 valence electrons. The number of rotatable bonds is 5. The lowest BCUT2D eigenvalue weighted by Gasteiger charge is -2.32. The van der Waals surface area contributed by atoms with Crippen LogP contribution in [-0.4, -0.2) is 18.7 Å². The van der Waals surface area contributed by atoms with Crippen molar-refractivity contribution in [2.45, 2.75) is 51.4 Å². The Morgan fingerprint density at radius 2 is 1.94 bits per heavy atom. The monoisotopic (exact) mass is 267 g/mol. The Hall–Kier alpha value is -0.570. The van der Waals surface area contributed by atoms with Crippen molar-refractivity contribution in [3.8, 4) is 0 Å². The van der Waals surface area contributed by atoms with Gasteiger partial charge in [-0.25, -0.2) is 0 Å². The number of benzene rings is 1. The quantitative estimate of drug-likeness (QED) is 0.877. The molecule has 1 N–H and O–H groups in total. The number of hydrogen-bond acceptors (Lipinski definition) is 2. The molecule has 1 aromatic rings. The zero-order chi connectivity index (χ0) is 12.8. The molecule has 1 aliphatic rings. The maximum absolute atomic E-state index is 6.07. The normalized spacial score (nSPS) is 24.1. The van der Waals surface area contributed by atoms with E-state index >= 15 is 0 Å². The van der Waals surface area contributed by atoms with E-state index in [-0.39, 0.29) is 0 Å². The number of hydrogen-bond donors (Lipinski definition) is 1. The Morgan fingerprint density at radius 1 is 1.22 bits per heavy atom. The summed E-state index contributed by atoms with van der Waals surface area (Å²) in [5.74, 6) is 0. The molecule has 2 nitrogen and oxygen atoms in total. The van der Waals surface area contributed by atoms with Crippen molar-refractivity contribution in [1.29, 1.82) is 0 Å². The van der Waals surface area contributed by atoms with Crippen molar-refractivity contribution in [1.82, 2.24) is 5.32 Å². The second-order valence-electron chi connectivity index (χ2n) is 4.92. The second-order valence-corrected chi connectivity index (χ2v) is 5.36. The second kappa shape index (κ2) is 7.13. The first-order valence-electron chi connectivity index (χ1n) is 6.89. The standard InChI is InChI=1S/C15H22ClNO/c1-2-17-14-5-3-4-6-15(14)18-11-12-7-9-13(16)10-8-12/h7-10,14-15,17H,2-6,11H2,1H3. The minimum Gasteiger partial charge on any atom is -0.372 e. The summed E-state index contributed by atoms with van der Waals surface area (Å²) in [5, 5.41) is 4.31. The minimum atomic E-state index is 0.356. The summed E-state index contributed by atoms with van der Waals surface area (Å²) in [6, 6.07) is 8.43. The first-order valence-corrected chi connectivity index (χ1v) is 7.27. The van der Waals surface area contributed by atoms with Crippen LogP contribution in [0.15, 0.2) is 24.3 Å². The molecule has 3 heteroatoms. The van der Waals surface area contributed by atoms with Gasteiger partial charge in [0.2, 0.25) is 0 Å². The van der Waals surface area contributed by atoms with Gasteiger partial charge in [-0.15, -0.1) is 0 Å². The average molecular weight is 268 g/mol. The molecular formula is C15H22ClNO. The molecule has 0 amide bonds. The third kappa shape index (κ3) is 3.98. The highest BCUT2D eigenvalue weighted by Crippen LogP contribution is 2.22. The van der Waals surface area contributed by atoms with E-state index in [2.05, 4.69) is 12.2 Å². The molecule has 0 aliphatic heterocycles. The Labute approximate surface area is 115 Å². The number of nitrogens with one attached hydrogen (secondary N) is 1. The smallest absolute Gasteiger partial charge is 0.0732 e. The molecule has 0 radical (unpaired) electrons. The van der Waals surface area contributed by atoms with Crippen LogP contribution in [0, 0.1) is 0 Å². The van der Waals surface area contributed by atoms with Crippen LogP contribution in [0.4, 0.5) is 0 Å². The van der Waals surface area contributed by atoms with Crippen molar-refractivity contribution in [2.24, 2.45) is 0 Å². The van der Waals surface area contributed by atoms with E-state index in [0.717, 1.165) is 11.6 Å². The van der Waals surface area contributed by atoms with Crippen LogP contribution in [0.2, 0.25) is 5.02 Å². The Morgan fingerprint density at radius 3 is 2.67 bits per heavy atom. The molecule has 0 spiro atoms. The van der Waals surface area contributed by atoms with Crippen LogP contribution < -0.4 is 5.32 Å². The van der Waals surface area contributed by atoms with Gasteiger partial charge in [0, 0.05) is 11.1 Å². The van der Waals surface area contributed by atoms with Gasteiger partial charge < -0.3 is 10.1 Å². The van der Waals surface area contributed by atoms with Gasteiger partial charge in [0.15, 0.2) is 0 Å². The van der Waals surface area contributed by atoms with E-state index < -0.39 is 0 Å². The molecule has 0 aromatic heterocycles. The van der Waals surface area contributed by atoms with Gasteiger partial charge in [-0.2, -0.15) is 0 Å². The molecular weight excluding hydrogens is 246 g/mol. The van der Waals surface area contributed by atoms with E-state index in [1.807, 2.05) is 24.3 Å². The number of ether oxygens (including phenoxy) is 1. The van der Waals surface area contributed by atoms with Crippen molar-refractivity contribution in [2.75, 3.05) is 6.54 Å². The lowest BCUT2D eigenvalue weighted by molar-refractivity contribution is -0.00503.